The zero-order valence-corrected chi connectivity index (χ0v) is 21.6. The van der Waals surface area contributed by atoms with E-state index in [1.54, 1.807) is 13.0 Å². The van der Waals surface area contributed by atoms with Crippen LogP contribution in [0.3, 0.4) is 0 Å². The van der Waals surface area contributed by atoms with Crippen molar-refractivity contribution in [1.82, 2.24) is 10.2 Å². The average Bonchev–Trinajstić information content (AvgIpc) is 2.79. The Morgan fingerprint density at radius 1 is 1.06 bits per heavy atom. The second-order valence-corrected chi connectivity index (χ2v) is 10.1. The number of ether oxygens (including phenoxy) is 2. The first-order valence-electron chi connectivity index (χ1n) is 9.97. The number of halogens is 1. The zero-order chi connectivity index (χ0) is 24.8. The number of likely N-dealkylation sites (N-methyl/N-ethyl adjacent to an activating group) is 1. The fraction of sp³-hybridized carbons (Fsp3) is 0.364. The average molecular weight is 542 g/mol. The maximum Gasteiger partial charge on any atom is 0.244 e. The van der Waals surface area contributed by atoms with Crippen molar-refractivity contribution < 1.29 is 27.5 Å². The summed E-state index contributed by atoms with van der Waals surface area (Å²) >= 11 is 3.37. The van der Waals surface area contributed by atoms with Crippen LogP contribution in [0, 0.1) is 0 Å². The van der Waals surface area contributed by atoms with Crippen LogP contribution < -0.4 is 19.1 Å². The van der Waals surface area contributed by atoms with Gasteiger partial charge in [-0.1, -0.05) is 28.1 Å². The van der Waals surface area contributed by atoms with Crippen molar-refractivity contribution in [2.45, 2.75) is 19.5 Å². The number of carbonyl (C=O) groups is 2. The normalized spacial score (nSPS) is 11.9. The van der Waals surface area contributed by atoms with Crippen LogP contribution in [0.5, 0.6) is 11.5 Å². The molecule has 11 heteroatoms. The Kier molecular flexibility index (Phi) is 9.12. The van der Waals surface area contributed by atoms with E-state index in [1.165, 1.54) is 38.3 Å². The summed E-state index contributed by atoms with van der Waals surface area (Å²) in [5.74, 6) is -0.153. The fourth-order valence-electron chi connectivity index (χ4n) is 3.17. The molecule has 1 atom stereocenters. The minimum absolute atomic E-state index is 0.129. The topological polar surface area (TPSA) is 105 Å². The van der Waals surface area contributed by atoms with Crippen molar-refractivity contribution in [2.24, 2.45) is 0 Å². The predicted octanol–water partition coefficient (Wildman–Crippen LogP) is 2.40. The molecule has 1 unspecified atom stereocenters. The Morgan fingerprint density at radius 2 is 1.67 bits per heavy atom. The summed E-state index contributed by atoms with van der Waals surface area (Å²) in [7, 11) is 0.542. The predicted molar refractivity (Wildman–Crippen MR) is 130 cm³/mol. The molecule has 0 saturated heterocycles. The van der Waals surface area contributed by atoms with E-state index in [0.717, 1.165) is 20.6 Å². The Labute approximate surface area is 202 Å². The molecule has 0 heterocycles. The highest BCUT2D eigenvalue weighted by Crippen LogP contribution is 2.32. The molecule has 0 radical (unpaired) electrons. The number of hydrogen-bond donors (Lipinski definition) is 1. The van der Waals surface area contributed by atoms with Crippen molar-refractivity contribution in [3.05, 3.63) is 52.5 Å². The molecule has 0 spiro atoms. The van der Waals surface area contributed by atoms with E-state index < -0.39 is 28.5 Å². The van der Waals surface area contributed by atoms with Gasteiger partial charge in [0.25, 0.3) is 0 Å². The summed E-state index contributed by atoms with van der Waals surface area (Å²) in [4.78, 5) is 27.0. The maximum atomic E-state index is 13.4. The van der Waals surface area contributed by atoms with Crippen LogP contribution in [-0.2, 0) is 26.2 Å². The highest BCUT2D eigenvalue weighted by molar-refractivity contribution is 9.10. The third-order valence-electron chi connectivity index (χ3n) is 5.01. The van der Waals surface area contributed by atoms with Crippen LogP contribution in [0.25, 0.3) is 0 Å². The Balaban J connectivity index is 2.42. The molecule has 9 nitrogen and oxygen atoms in total. The third kappa shape index (κ3) is 6.84. The van der Waals surface area contributed by atoms with Crippen molar-refractivity contribution >= 4 is 43.5 Å². The zero-order valence-electron chi connectivity index (χ0n) is 19.2. The molecular weight excluding hydrogens is 514 g/mol. The lowest BCUT2D eigenvalue weighted by Crippen LogP contribution is -2.50. The number of sulfonamides is 1. The summed E-state index contributed by atoms with van der Waals surface area (Å²) in [6, 6.07) is 11.0. The van der Waals surface area contributed by atoms with E-state index >= 15 is 0 Å². The second kappa shape index (κ2) is 11.4. The number of amides is 2. The van der Waals surface area contributed by atoms with Crippen LogP contribution in [0.4, 0.5) is 5.69 Å². The van der Waals surface area contributed by atoms with Gasteiger partial charge in [0.1, 0.15) is 12.6 Å². The van der Waals surface area contributed by atoms with Crippen LogP contribution in [0.2, 0.25) is 0 Å². The number of nitrogens with zero attached hydrogens (tertiary/aromatic N) is 2. The quantitative estimate of drug-likeness (QED) is 0.495. The molecule has 1 N–H and O–H groups in total. The van der Waals surface area contributed by atoms with Gasteiger partial charge in [0.15, 0.2) is 11.5 Å². The first-order chi connectivity index (χ1) is 15.5. The highest BCUT2D eigenvalue weighted by Gasteiger charge is 2.30. The van der Waals surface area contributed by atoms with Crippen molar-refractivity contribution in [1.29, 1.82) is 0 Å². The van der Waals surface area contributed by atoms with Gasteiger partial charge in [-0.25, -0.2) is 8.42 Å². The molecule has 0 bridgehead atoms. The molecule has 2 aromatic carbocycles. The SMILES string of the molecule is CNC(=O)C(C)N(Cc1ccc(Br)cc1)C(=O)CN(c1ccc(OC)c(OC)c1)S(C)(=O)=O. The van der Waals surface area contributed by atoms with Crippen LogP contribution in [0.1, 0.15) is 12.5 Å². The number of carbonyl (C=O) groups excluding carboxylic acids is 2. The van der Waals surface area contributed by atoms with Crippen molar-refractivity contribution in [3.63, 3.8) is 0 Å². The van der Waals surface area contributed by atoms with Gasteiger partial charge >= 0.3 is 0 Å². The number of methoxy groups -OCH3 is 2. The molecule has 180 valence electrons. The summed E-state index contributed by atoms with van der Waals surface area (Å²) in [5, 5.41) is 2.54. The Bertz CT molecular complexity index is 1090. The van der Waals surface area contributed by atoms with E-state index in [0.29, 0.717) is 11.5 Å². The van der Waals surface area contributed by atoms with Crippen LogP contribution in [0.15, 0.2) is 46.9 Å². The molecule has 0 saturated carbocycles. The monoisotopic (exact) mass is 541 g/mol. The number of benzene rings is 2. The molecule has 0 aromatic heterocycles. The molecule has 33 heavy (non-hydrogen) atoms. The van der Waals surface area contributed by atoms with E-state index in [9.17, 15) is 18.0 Å². The molecule has 0 aliphatic heterocycles. The van der Waals surface area contributed by atoms with Gasteiger partial charge in [0.2, 0.25) is 21.8 Å². The molecule has 2 aromatic rings. The minimum atomic E-state index is -3.84. The van der Waals surface area contributed by atoms with Crippen molar-refractivity contribution in [2.75, 3.05) is 38.4 Å². The van der Waals surface area contributed by atoms with E-state index in [1.807, 2.05) is 24.3 Å². The molecule has 2 rings (SSSR count). The van der Waals surface area contributed by atoms with Gasteiger partial charge in [-0.05, 0) is 36.8 Å². The standard InChI is InChI=1S/C22H28BrN3O6S/c1-15(22(28)24-2)25(13-16-6-8-17(23)9-7-16)21(27)14-26(33(5,29)30)18-10-11-19(31-3)20(12-18)32-4/h6-12,15H,13-14H2,1-5H3,(H,24,28). The third-order valence-corrected chi connectivity index (χ3v) is 6.68. The van der Waals surface area contributed by atoms with Gasteiger partial charge in [-0.2, -0.15) is 0 Å². The largest absolute Gasteiger partial charge is 0.493 e. The fourth-order valence-corrected chi connectivity index (χ4v) is 4.28. The minimum Gasteiger partial charge on any atom is -0.493 e. The van der Waals surface area contributed by atoms with E-state index in [2.05, 4.69) is 21.2 Å². The lowest BCUT2D eigenvalue weighted by atomic mass is 10.1. The number of hydrogen-bond acceptors (Lipinski definition) is 6. The highest BCUT2D eigenvalue weighted by atomic mass is 79.9. The number of anilines is 1. The number of nitrogens with one attached hydrogen (secondary N) is 1. The molecule has 0 aliphatic carbocycles. The van der Waals surface area contributed by atoms with Gasteiger partial charge in [-0.3, -0.25) is 13.9 Å². The molecular formula is C22H28BrN3O6S. The smallest absolute Gasteiger partial charge is 0.244 e. The molecule has 2 amide bonds. The summed E-state index contributed by atoms with van der Waals surface area (Å²) in [5.41, 5.74) is 1.03. The maximum absolute atomic E-state index is 13.4. The summed E-state index contributed by atoms with van der Waals surface area (Å²) in [6.07, 6.45) is 1.01. The van der Waals surface area contributed by atoms with E-state index in [4.69, 9.17) is 9.47 Å². The number of rotatable bonds is 10. The van der Waals surface area contributed by atoms with Crippen LogP contribution in [-0.4, -0.2) is 65.2 Å². The van der Waals surface area contributed by atoms with Crippen molar-refractivity contribution in [3.8, 4) is 11.5 Å². The summed E-state index contributed by atoms with van der Waals surface area (Å²) in [6.45, 7) is 1.23. The first kappa shape index (κ1) is 26.5. The van der Waals surface area contributed by atoms with E-state index in [-0.39, 0.29) is 18.1 Å². The van der Waals surface area contributed by atoms with Gasteiger partial charge in [0, 0.05) is 24.1 Å². The molecule has 0 aliphatic rings. The lowest BCUT2D eigenvalue weighted by Gasteiger charge is -2.31. The summed E-state index contributed by atoms with van der Waals surface area (Å²) < 4.78 is 37.5. The molecule has 0 fully saturated rings. The lowest BCUT2D eigenvalue weighted by molar-refractivity contribution is -0.139. The van der Waals surface area contributed by atoms with Crippen LogP contribution >= 0.6 is 15.9 Å². The second-order valence-electron chi connectivity index (χ2n) is 7.25. The first-order valence-corrected chi connectivity index (χ1v) is 12.6. The van der Waals surface area contributed by atoms with Gasteiger partial charge < -0.3 is 19.7 Å². The Hall–Kier alpha value is -2.79. The van der Waals surface area contributed by atoms with Gasteiger partial charge in [-0.15, -0.1) is 0 Å². The Morgan fingerprint density at radius 3 is 2.18 bits per heavy atom. The van der Waals surface area contributed by atoms with Gasteiger partial charge in [0.05, 0.1) is 26.2 Å².